The zero-order chi connectivity index (χ0) is 21.6. The predicted molar refractivity (Wildman–Crippen MR) is 123 cm³/mol. The van der Waals surface area contributed by atoms with Crippen molar-refractivity contribution in [2.75, 3.05) is 19.5 Å². The third kappa shape index (κ3) is 4.66. The number of hydrogen-bond donors (Lipinski definition) is 1. The molecular weight excluding hydrogens is 390 g/mol. The Hall–Kier alpha value is -3.48. The van der Waals surface area contributed by atoms with Crippen molar-refractivity contribution in [3.63, 3.8) is 0 Å². The Labute approximate surface area is 182 Å². The highest BCUT2D eigenvalue weighted by atomic mass is 16.6. The molecule has 7 nitrogen and oxygen atoms in total. The fourth-order valence-corrected chi connectivity index (χ4v) is 3.85. The van der Waals surface area contributed by atoms with Crippen LogP contribution in [0, 0.1) is 0 Å². The number of aromatic nitrogens is 2. The lowest BCUT2D eigenvalue weighted by atomic mass is 9.91. The maximum absolute atomic E-state index is 6.44. The number of hydrogen-bond acceptors (Lipinski definition) is 7. The fourth-order valence-electron chi connectivity index (χ4n) is 3.85. The van der Waals surface area contributed by atoms with E-state index in [1.165, 1.54) is 7.11 Å². The molecule has 1 aliphatic carbocycles. The summed E-state index contributed by atoms with van der Waals surface area (Å²) in [5.74, 6) is 0. The molecule has 2 aromatic heterocycles. The molecule has 0 saturated heterocycles. The molecule has 0 atom stereocenters. The first-order valence-electron chi connectivity index (χ1n) is 10.6. The van der Waals surface area contributed by atoms with Gasteiger partial charge in [-0.1, -0.05) is 34.6 Å². The van der Waals surface area contributed by atoms with Crippen LogP contribution in [0.2, 0.25) is 0 Å². The van der Waals surface area contributed by atoms with E-state index in [-0.39, 0.29) is 0 Å². The molecule has 0 saturated carbocycles. The van der Waals surface area contributed by atoms with E-state index in [1.54, 1.807) is 0 Å². The number of pyridine rings is 2. The Morgan fingerprint density at radius 3 is 2.84 bits per heavy atom. The number of rotatable bonds is 7. The van der Waals surface area contributed by atoms with Crippen molar-refractivity contribution in [1.29, 1.82) is 0 Å². The minimum Gasteiger partial charge on any atom is -0.399 e. The Kier molecular flexibility index (Phi) is 6.40. The number of fused-ring (bicyclic) bond motifs is 2. The molecule has 0 unspecified atom stereocenters. The first-order chi connectivity index (χ1) is 15.2. The van der Waals surface area contributed by atoms with Crippen molar-refractivity contribution in [2.24, 2.45) is 10.3 Å². The van der Waals surface area contributed by atoms with E-state index < -0.39 is 0 Å². The molecular formula is C24H27N5O2. The van der Waals surface area contributed by atoms with Gasteiger partial charge in [-0.25, -0.2) is 4.98 Å². The summed E-state index contributed by atoms with van der Waals surface area (Å²) in [6.45, 7) is 2.39. The van der Waals surface area contributed by atoms with Crippen molar-refractivity contribution in [3.05, 3.63) is 65.1 Å². The third-order valence-electron chi connectivity index (χ3n) is 5.40. The number of anilines is 1. The Morgan fingerprint density at radius 2 is 1.97 bits per heavy atom. The molecule has 2 heterocycles. The standard InChI is InChI=1S/C24H27N5O2/c1-16(28-30-2)20-13-5-8-17(26-20)9-7-15-31-29-22-14-6-11-19-23(25)18-10-3-4-12-21(18)27-24(19)22/h3-5,8,10,12-13H,6-7,9,11,14-15H2,1-2H3,(H2,25,27). The second-order valence-electron chi connectivity index (χ2n) is 7.57. The highest BCUT2D eigenvalue weighted by molar-refractivity contribution is 6.06. The number of oxime groups is 2. The number of nitrogen functional groups attached to an aromatic ring is 1. The summed E-state index contributed by atoms with van der Waals surface area (Å²) in [6, 6.07) is 13.9. The van der Waals surface area contributed by atoms with Gasteiger partial charge in [0.2, 0.25) is 0 Å². The fraction of sp³-hybridized carbons (Fsp3) is 0.333. The molecule has 4 rings (SSSR count). The number of aryl methyl sites for hydroxylation is 1. The van der Waals surface area contributed by atoms with E-state index in [9.17, 15) is 0 Å². The van der Waals surface area contributed by atoms with E-state index in [0.717, 1.165) is 82.8 Å². The highest BCUT2D eigenvalue weighted by Gasteiger charge is 2.22. The van der Waals surface area contributed by atoms with Crippen LogP contribution in [0.1, 0.15) is 48.8 Å². The predicted octanol–water partition coefficient (Wildman–Crippen LogP) is 4.27. The van der Waals surface area contributed by atoms with Crippen molar-refractivity contribution in [3.8, 4) is 0 Å². The summed E-state index contributed by atoms with van der Waals surface area (Å²) >= 11 is 0. The number of benzene rings is 1. The zero-order valence-corrected chi connectivity index (χ0v) is 18.0. The molecule has 0 amide bonds. The number of nitrogens with zero attached hydrogens (tertiary/aromatic N) is 4. The van der Waals surface area contributed by atoms with Crippen LogP contribution in [0.15, 0.2) is 52.8 Å². The van der Waals surface area contributed by atoms with Gasteiger partial charge in [0.05, 0.1) is 16.9 Å². The van der Waals surface area contributed by atoms with Gasteiger partial charge in [-0.15, -0.1) is 0 Å². The summed E-state index contributed by atoms with van der Waals surface area (Å²) < 4.78 is 0. The van der Waals surface area contributed by atoms with Gasteiger partial charge >= 0.3 is 0 Å². The molecule has 0 spiro atoms. The van der Waals surface area contributed by atoms with Gasteiger partial charge < -0.3 is 15.4 Å². The molecule has 7 heteroatoms. The van der Waals surface area contributed by atoms with Gasteiger partial charge in [-0.3, -0.25) is 4.98 Å². The van der Waals surface area contributed by atoms with E-state index >= 15 is 0 Å². The smallest absolute Gasteiger partial charge is 0.117 e. The zero-order valence-electron chi connectivity index (χ0n) is 18.0. The van der Waals surface area contributed by atoms with E-state index in [1.807, 2.05) is 49.4 Å². The highest BCUT2D eigenvalue weighted by Crippen LogP contribution is 2.31. The maximum Gasteiger partial charge on any atom is 0.117 e. The van der Waals surface area contributed by atoms with Crippen LogP contribution in [0.3, 0.4) is 0 Å². The lowest BCUT2D eigenvalue weighted by Crippen LogP contribution is -2.17. The van der Waals surface area contributed by atoms with Crippen LogP contribution in [-0.2, 0) is 22.5 Å². The van der Waals surface area contributed by atoms with Crippen LogP contribution < -0.4 is 5.73 Å². The SMILES string of the molecule is CON=C(C)c1cccc(CCCON=C2CCCc3c2nc2ccccc2c3N)n1. The van der Waals surface area contributed by atoms with Crippen LogP contribution in [-0.4, -0.2) is 35.1 Å². The molecule has 160 valence electrons. The molecule has 2 N–H and O–H groups in total. The molecule has 0 radical (unpaired) electrons. The van der Waals surface area contributed by atoms with Crippen LogP contribution in [0.25, 0.3) is 10.9 Å². The van der Waals surface area contributed by atoms with Gasteiger partial charge in [0.15, 0.2) is 0 Å². The van der Waals surface area contributed by atoms with Gasteiger partial charge in [0, 0.05) is 22.3 Å². The Bertz CT molecular complexity index is 1140. The largest absolute Gasteiger partial charge is 0.399 e. The van der Waals surface area contributed by atoms with Gasteiger partial charge in [0.1, 0.15) is 25.1 Å². The van der Waals surface area contributed by atoms with Crippen molar-refractivity contribution in [1.82, 2.24) is 9.97 Å². The molecule has 3 aromatic rings. The quantitative estimate of drug-likeness (QED) is 0.352. The van der Waals surface area contributed by atoms with Crippen molar-refractivity contribution < 1.29 is 9.68 Å². The molecule has 31 heavy (non-hydrogen) atoms. The monoisotopic (exact) mass is 417 g/mol. The topological polar surface area (TPSA) is 95.0 Å². The second-order valence-corrected chi connectivity index (χ2v) is 7.57. The lowest BCUT2D eigenvalue weighted by Gasteiger charge is -2.19. The molecule has 0 aliphatic heterocycles. The minimum absolute atomic E-state index is 0.513. The Balaban J connectivity index is 1.40. The van der Waals surface area contributed by atoms with E-state index in [4.69, 9.17) is 20.4 Å². The summed E-state index contributed by atoms with van der Waals surface area (Å²) in [7, 11) is 1.53. The Morgan fingerprint density at radius 1 is 1.10 bits per heavy atom. The first kappa shape index (κ1) is 20.8. The summed E-state index contributed by atoms with van der Waals surface area (Å²) in [4.78, 5) is 19.9. The minimum atomic E-state index is 0.513. The molecule has 0 bridgehead atoms. The lowest BCUT2D eigenvalue weighted by molar-refractivity contribution is 0.141. The second kappa shape index (κ2) is 9.55. The average molecular weight is 418 g/mol. The summed E-state index contributed by atoms with van der Waals surface area (Å²) in [5, 5.41) is 9.36. The average Bonchev–Trinajstić information content (AvgIpc) is 2.80. The van der Waals surface area contributed by atoms with Crippen LogP contribution in [0.4, 0.5) is 5.69 Å². The number of nitrogens with two attached hydrogens (primary N) is 1. The van der Waals surface area contributed by atoms with Crippen molar-refractivity contribution >= 4 is 28.0 Å². The molecule has 0 fully saturated rings. The van der Waals surface area contributed by atoms with E-state index in [2.05, 4.69) is 15.3 Å². The summed E-state index contributed by atoms with van der Waals surface area (Å²) in [5.41, 5.74) is 13.5. The molecule has 1 aliphatic rings. The third-order valence-corrected chi connectivity index (χ3v) is 5.40. The maximum atomic E-state index is 6.44. The van der Waals surface area contributed by atoms with Crippen molar-refractivity contribution in [2.45, 2.75) is 39.0 Å². The van der Waals surface area contributed by atoms with Gasteiger partial charge in [0.25, 0.3) is 0 Å². The molecule has 1 aromatic carbocycles. The summed E-state index contributed by atoms with van der Waals surface area (Å²) in [6.07, 6.45) is 4.38. The van der Waals surface area contributed by atoms with Crippen LogP contribution >= 0.6 is 0 Å². The van der Waals surface area contributed by atoms with Gasteiger partial charge in [-0.05, 0) is 57.2 Å². The first-order valence-corrected chi connectivity index (χ1v) is 10.6. The van der Waals surface area contributed by atoms with Gasteiger partial charge in [-0.2, -0.15) is 0 Å². The number of para-hydroxylation sites is 1. The van der Waals surface area contributed by atoms with E-state index in [0.29, 0.717) is 6.61 Å². The van der Waals surface area contributed by atoms with Crippen LogP contribution in [0.5, 0.6) is 0 Å². The normalized spacial score (nSPS) is 15.2.